The van der Waals surface area contributed by atoms with Crippen molar-refractivity contribution in [3.63, 3.8) is 0 Å². The van der Waals surface area contributed by atoms with Gasteiger partial charge < -0.3 is 0 Å². The van der Waals surface area contributed by atoms with Crippen LogP contribution in [0.4, 0.5) is 4.39 Å². The zero-order valence-corrected chi connectivity index (χ0v) is 11.0. The van der Waals surface area contributed by atoms with Crippen LogP contribution in [0.2, 0.25) is 0 Å². The van der Waals surface area contributed by atoms with E-state index in [9.17, 15) is 4.39 Å². The van der Waals surface area contributed by atoms with Crippen LogP contribution in [0.15, 0.2) is 0 Å². The Hall–Kier alpha value is -0.480. The maximum Gasteiger partial charge on any atom is 0.111 e. The van der Waals surface area contributed by atoms with Crippen LogP contribution in [0.3, 0.4) is 0 Å². The topological polar surface area (TPSA) is 16.1 Å². The lowest BCUT2D eigenvalue weighted by Gasteiger charge is -2.29. The summed E-state index contributed by atoms with van der Waals surface area (Å²) < 4.78 is 13.0. The molecule has 0 aliphatic carbocycles. The zero-order chi connectivity index (χ0) is 11.7. The summed E-state index contributed by atoms with van der Waals surface area (Å²) in [6.07, 6.45) is 2.04. The molecule has 0 radical (unpaired) electrons. The summed E-state index contributed by atoms with van der Waals surface area (Å²) in [6, 6.07) is -0.110. The second kappa shape index (κ2) is 4.80. The van der Waals surface area contributed by atoms with Gasteiger partial charge in [-0.2, -0.15) is 0 Å². The summed E-state index contributed by atoms with van der Waals surface area (Å²) in [5.74, 6) is 0.620. The fourth-order valence-corrected chi connectivity index (χ4v) is 3.45. The molecule has 4 heteroatoms. The van der Waals surface area contributed by atoms with E-state index in [4.69, 9.17) is 0 Å². The highest BCUT2D eigenvalue weighted by Gasteiger charge is 2.28. The lowest BCUT2D eigenvalue weighted by Crippen LogP contribution is -2.32. The van der Waals surface area contributed by atoms with Crippen molar-refractivity contribution >= 4 is 11.3 Å². The molecule has 1 aromatic rings. The molecule has 0 spiro atoms. The number of hydrogen-bond acceptors (Lipinski definition) is 3. The summed E-state index contributed by atoms with van der Waals surface area (Å²) in [7, 11) is 1.98. The zero-order valence-electron chi connectivity index (χ0n) is 10.2. The molecule has 0 fully saturated rings. The molecular weight excluding hydrogens is 223 g/mol. The van der Waals surface area contributed by atoms with E-state index >= 15 is 0 Å². The maximum atomic E-state index is 13.0. The Morgan fingerprint density at radius 3 is 2.94 bits per heavy atom. The SMILES string of the molecule is CC(C)Cc1nc2c(s1)CCN(C)C2CF. The smallest absolute Gasteiger partial charge is 0.111 e. The van der Waals surface area contributed by atoms with Gasteiger partial charge in [-0.15, -0.1) is 11.3 Å². The summed E-state index contributed by atoms with van der Waals surface area (Å²) in [5.41, 5.74) is 0.997. The third-order valence-corrected chi connectivity index (χ3v) is 4.19. The minimum atomic E-state index is -0.325. The number of nitrogens with zero attached hydrogens (tertiary/aromatic N) is 2. The van der Waals surface area contributed by atoms with Gasteiger partial charge in [0.25, 0.3) is 0 Å². The van der Waals surface area contributed by atoms with Crippen LogP contribution >= 0.6 is 11.3 Å². The van der Waals surface area contributed by atoms with Crippen LogP contribution in [0, 0.1) is 5.92 Å². The first kappa shape index (κ1) is 12.0. The van der Waals surface area contributed by atoms with Crippen LogP contribution in [-0.4, -0.2) is 30.2 Å². The average Bonchev–Trinajstić information content (AvgIpc) is 2.59. The quantitative estimate of drug-likeness (QED) is 0.810. The van der Waals surface area contributed by atoms with Gasteiger partial charge in [-0.1, -0.05) is 13.8 Å². The molecule has 16 heavy (non-hydrogen) atoms. The van der Waals surface area contributed by atoms with Crippen molar-refractivity contribution in [1.29, 1.82) is 0 Å². The molecule has 1 unspecified atom stereocenters. The van der Waals surface area contributed by atoms with Gasteiger partial charge in [0.2, 0.25) is 0 Å². The first-order valence-corrected chi connectivity index (χ1v) is 6.68. The molecule has 1 aliphatic rings. The fraction of sp³-hybridized carbons (Fsp3) is 0.750. The first-order chi connectivity index (χ1) is 7.61. The highest BCUT2D eigenvalue weighted by Crippen LogP contribution is 2.33. The van der Waals surface area contributed by atoms with Crippen molar-refractivity contribution in [2.24, 2.45) is 5.92 Å². The summed E-state index contributed by atoms with van der Waals surface area (Å²) in [6.45, 7) is 5.01. The Labute approximate surface area is 100 Å². The van der Waals surface area contributed by atoms with Crippen LogP contribution < -0.4 is 0 Å². The normalized spacial score (nSPS) is 21.4. The molecule has 1 aromatic heterocycles. The third kappa shape index (κ3) is 2.28. The second-order valence-corrected chi connectivity index (χ2v) is 6.08. The lowest BCUT2D eigenvalue weighted by atomic mass is 10.1. The molecule has 1 atom stereocenters. The number of likely N-dealkylation sites (N-methyl/N-ethyl adjacent to an activating group) is 1. The number of thiazole rings is 1. The van der Waals surface area contributed by atoms with Gasteiger partial charge in [0.1, 0.15) is 6.67 Å². The van der Waals surface area contributed by atoms with E-state index in [-0.39, 0.29) is 12.7 Å². The Kier molecular flexibility index (Phi) is 3.60. The van der Waals surface area contributed by atoms with Crippen molar-refractivity contribution in [2.75, 3.05) is 20.3 Å². The van der Waals surface area contributed by atoms with E-state index in [1.165, 1.54) is 9.88 Å². The minimum Gasteiger partial charge on any atom is -0.295 e. The second-order valence-electron chi connectivity index (χ2n) is 4.91. The van der Waals surface area contributed by atoms with Gasteiger partial charge in [0.15, 0.2) is 0 Å². The summed E-state index contributed by atoms with van der Waals surface area (Å²) in [4.78, 5) is 8.00. The Bertz CT molecular complexity index is 362. The van der Waals surface area contributed by atoms with Crippen LogP contribution in [0.1, 0.15) is 35.5 Å². The van der Waals surface area contributed by atoms with E-state index in [1.54, 1.807) is 11.3 Å². The van der Waals surface area contributed by atoms with Crippen molar-refractivity contribution in [3.05, 3.63) is 15.6 Å². The van der Waals surface area contributed by atoms with Crippen molar-refractivity contribution in [3.8, 4) is 0 Å². The van der Waals surface area contributed by atoms with E-state index in [1.807, 2.05) is 7.05 Å². The molecule has 2 heterocycles. The van der Waals surface area contributed by atoms with Gasteiger partial charge in [-0.05, 0) is 19.4 Å². The Morgan fingerprint density at radius 1 is 1.56 bits per heavy atom. The minimum absolute atomic E-state index is 0.110. The van der Waals surface area contributed by atoms with Gasteiger partial charge >= 0.3 is 0 Å². The van der Waals surface area contributed by atoms with Crippen molar-refractivity contribution in [1.82, 2.24) is 9.88 Å². The van der Waals surface area contributed by atoms with Gasteiger partial charge in [0, 0.05) is 17.8 Å². The molecule has 0 N–H and O–H groups in total. The van der Waals surface area contributed by atoms with Crippen LogP contribution in [0.25, 0.3) is 0 Å². The van der Waals surface area contributed by atoms with E-state index in [0.29, 0.717) is 5.92 Å². The van der Waals surface area contributed by atoms with E-state index in [0.717, 1.165) is 25.1 Å². The van der Waals surface area contributed by atoms with Crippen molar-refractivity contribution < 1.29 is 4.39 Å². The molecule has 0 saturated heterocycles. The van der Waals surface area contributed by atoms with Gasteiger partial charge in [0.05, 0.1) is 16.7 Å². The Morgan fingerprint density at radius 2 is 2.31 bits per heavy atom. The molecule has 1 aliphatic heterocycles. The van der Waals surface area contributed by atoms with Crippen molar-refractivity contribution in [2.45, 2.75) is 32.7 Å². The standard InChI is InChI=1S/C12H19FN2S/c1-8(2)6-11-14-12-9(7-13)15(3)5-4-10(12)16-11/h8-9H,4-7H2,1-3H3. The van der Waals surface area contributed by atoms with E-state index < -0.39 is 0 Å². The number of rotatable bonds is 3. The molecular formula is C12H19FN2S. The van der Waals surface area contributed by atoms with Crippen LogP contribution in [-0.2, 0) is 12.8 Å². The highest BCUT2D eigenvalue weighted by atomic mass is 32.1. The predicted molar refractivity (Wildman–Crippen MR) is 65.7 cm³/mol. The van der Waals surface area contributed by atoms with Gasteiger partial charge in [-0.3, -0.25) is 4.90 Å². The van der Waals surface area contributed by atoms with E-state index in [2.05, 4.69) is 23.7 Å². The number of fused-ring (bicyclic) bond motifs is 1. The maximum absolute atomic E-state index is 13.0. The predicted octanol–water partition coefficient (Wildman–Crippen LogP) is 2.84. The molecule has 0 amide bonds. The molecule has 0 aromatic carbocycles. The number of aromatic nitrogens is 1. The molecule has 0 bridgehead atoms. The summed E-state index contributed by atoms with van der Waals surface area (Å²) in [5, 5.41) is 1.17. The molecule has 2 nitrogen and oxygen atoms in total. The highest BCUT2D eigenvalue weighted by molar-refractivity contribution is 7.11. The number of hydrogen-bond donors (Lipinski definition) is 0. The first-order valence-electron chi connectivity index (χ1n) is 5.86. The molecule has 2 rings (SSSR count). The summed E-state index contributed by atoms with van der Waals surface area (Å²) >= 11 is 1.78. The average molecular weight is 242 g/mol. The van der Waals surface area contributed by atoms with Crippen LogP contribution in [0.5, 0.6) is 0 Å². The largest absolute Gasteiger partial charge is 0.295 e. The fourth-order valence-electron chi connectivity index (χ4n) is 2.12. The number of halogens is 1. The monoisotopic (exact) mass is 242 g/mol. The third-order valence-electron chi connectivity index (χ3n) is 3.04. The molecule has 90 valence electrons. The number of alkyl halides is 1. The molecule has 0 saturated carbocycles. The Balaban J connectivity index is 2.25. The lowest BCUT2D eigenvalue weighted by molar-refractivity contribution is 0.189. The van der Waals surface area contributed by atoms with Gasteiger partial charge in [-0.25, -0.2) is 9.37 Å².